The van der Waals surface area contributed by atoms with Crippen LogP contribution in [0, 0.1) is 0 Å². The number of carbonyl (C=O) groups is 1. The SMILES string of the molecule is O=C(NC1CC2(CCCCC2)NC2(CCCCC2)C1)c1cc2cc3c(cc2[nH]1)OCO3. The van der Waals surface area contributed by atoms with Crippen LogP contribution in [0.1, 0.15) is 87.5 Å². The summed E-state index contributed by atoms with van der Waals surface area (Å²) in [7, 11) is 0. The second kappa shape index (κ2) is 7.44. The molecule has 3 fully saturated rings. The number of rotatable bonds is 2. The molecule has 6 heteroatoms. The first kappa shape index (κ1) is 19.5. The Balaban J connectivity index is 1.23. The number of piperidine rings is 1. The molecule has 0 bridgehead atoms. The molecule has 1 amide bonds. The van der Waals surface area contributed by atoms with Gasteiger partial charge in [-0.1, -0.05) is 38.5 Å². The third-order valence-electron chi connectivity index (χ3n) is 8.12. The maximum Gasteiger partial charge on any atom is 0.267 e. The molecule has 0 atom stereocenters. The molecule has 2 aliphatic heterocycles. The number of carbonyl (C=O) groups excluding carboxylic acids is 1. The van der Waals surface area contributed by atoms with E-state index in [-0.39, 0.29) is 29.8 Å². The van der Waals surface area contributed by atoms with Crippen molar-refractivity contribution in [3.63, 3.8) is 0 Å². The highest BCUT2D eigenvalue weighted by Gasteiger charge is 2.48. The predicted molar refractivity (Wildman–Crippen MR) is 120 cm³/mol. The van der Waals surface area contributed by atoms with Crippen LogP contribution in [0.15, 0.2) is 18.2 Å². The number of aromatic amines is 1. The molecular formula is C25H33N3O3. The van der Waals surface area contributed by atoms with Gasteiger partial charge in [-0.25, -0.2) is 0 Å². The number of amides is 1. The van der Waals surface area contributed by atoms with Gasteiger partial charge < -0.3 is 25.1 Å². The summed E-state index contributed by atoms with van der Waals surface area (Å²) < 4.78 is 11.0. The summed E-state index contributed by atoms with van der Waals surface area (Å²) in [5.41, 5.74) is 1.95. The number of nitrogens with one attached hydrogen (secondary N) is 3. The van der Waals surface area contributed by atoms with Crippen LogP contribution < -0.4 is 20.1 Å². The van der Waals surface area contributed by atoms with Gasteiger partial charge in [-0.15, -0.1) is 0 Å². The molecule has 2 spiro atoms. The number of aromatic nitrogens is 1. The van der Waals surface area contributed by atoms with E-state index in [0.29, 0.717) is 5.69 Å². The molecule has 1 aromatic heterocycles. The van der Waals surface area contributed by atoms with E-state index >= 15 is 0 Å². The average Bonchev–Trinajstić information content (AvgIpc) is 3.38. The lowest BCUT2D eigenvalue weighted by Gasteiger charge is -2.55. The van der Waals surface area contributed by atoms with Crippen molar-refractivity contribution in [2.45, 2.75) is 94.2 Å². The molecule has 1 aromatic carbocycles. The summed E-state index contributed by atoms with van der Waals surface area (Å²) in [6, 6.07) is 6.03. The normalized spacial score (nSPS) is 26.4. The van der Waals surface area contributed by atoms with Crippen LogP contribution in [0.2, 0.25) is 0 Å². The molecule has 2 aromatic rings. The maximum absolute atomic E-state index is 13.3. The Labute approximate surface area is 183 Å². The van der Waals surface area contributed by atoms with Crippen molar-refractivity contribution >= 4 is 16.8 Å². The van der Waals surface area contributed by atoms with Crippen molar-refractivity contribution in [2.75, 3.05) is 6.79 Å². The van der Waals surface area contributed by atoms with Gasteiger partial charge in [0.1, 0.15) is 5.69 Å². The van der Waals surface area contributed by atoms with E-state index in [1.165, 1.54) is 64.2 Å². The first-order chi connectivity index (χ1) is 15.1. The fourth-order valence-corrected chi connectivity index (χ4v) is 6.80. The molecule has 3 N–H and O–H groups in total. The van der Waals surface area contributed by atoms with Crippen molar-refractivity contribution < 1.29 is 14.3 Å². The molecule has 0 radical (unpaired) electrons. The molecule has 31 heavy (non-hydrogen) atoms. The summed E-state index contributed by atoms with van der Waals surface area (Å²) in [6.07, 6.45) is 15.0. The number of hydrogen-bond acceptors (Lipinski definition) is 4. The van der Waals surface area contributed by atoms with E-state index in [1.807, 2.05) is 18.2 Å². The maximum atomic E-state index is 13.3. The van der Waals surface area contributed by atoms with Crippen molar-refractivity contribution in [2.24, 2.45) is 0 Å². The van der Waals surface area contributed by atoms with Gasteiger partial charge in [0.05, 0.1) is 0 Å². The Morgan fingerprint density at radius 1 is 0.871 bits per heavy atom. The van der Waals surface area contributed by atoms with E-state index in [1.54, 1.807) is 0 Å². The second-order valence-corrected chi connectivity index (χ2v) is 10.4. The fourth-order valence-electron chi connectivity index (χ4n) is 6.80. The zero-order valence-corrected chi connectivity index (χ0v) is 18.2. The topological polar surface area (TPSA) is 75.4 Å². The molecule has 0 unspecified atom stereocenters. The van der Waals surface area contributed by atoms with Gasteiger partial charge in [0, 0.05) is 34.1 Å². The lowest BCUT2D eigenvalue weighted by Crippen LogP contribution is -2.67. The molecule has 4 aliphatic rings. The first-order valence-electron chi connectivity index (χ1n) is 12.1. The van der Waals surface area contributed by atoms with Crippen LogP contribution in [0.25, 0.3) is 10.9 Å². The van der Waals surface area contributed by atoms with Gasteiger partial charge >= 0.3 is 0 Å². The largest absolute Gasteiger partial charge is 0.454 e. The summed E-state index contributed by atoms with van der Waals surface area (Å²) in [6.45, 7) is 0.258. The van der Waals surface area contributed by atoms with E-state index in [0.717, 1.165) is 35.2 Å². The van der Waals surface area contributed by atoms with Crippen LogP contribution in [-0.4, -0.2) is 34.8 Å². The molecule has 2 saturated carbocycles. The summed E-state index contributed by atoms with van der Waals surface area (Å²) in [5, 5.41) is 8.59. The Morgan fingerprint density at radius 2 is 1.48 bits per heavy atom. The highest BCUT2D eigenvalue weighted by Crippen LogP contribution is 2.44. The summed E-state index contributed by atoms with van der Waals surface area (Å²) >= 11 is 0. The lowest BCUT2D eigenvalue weighted by molar-refractivity contribution is 0.0441. The summed E-state index contributed by atoms with van der Waals surface area (Å²) in [4.78, 5) is 16.5. The van der Waals surface area contributed by atoms with Crippen LogP contribution in [0.4, 0.5) is 0 Å². The number of H-pyrrole nitrogens is 1. The zero-order chi connectivity index (χ0) is 20.9. The zero-order valence-electron chi connectivity index (χ0n) is 18.2. The van der Waals surface area contributed by atoms with Crippen molar-refractivity contribution in [3.05, 3.63) is 23.9 Å². The molecule has 2 aliphatic carbocycles. The smallest absolute Gasteiger partial charge is 0.267 e. The van der Waals surface area contributed by atoms with E-state index in [2.05, 4.69) is 15.6 Å². The van der Waals surface area contributed by atoms with Gasteiger partial charge in [0.2, 0.25) is 6.79 Å². The minimum atomic E-state index is 0.00187. The van der Waals surface area contributed by atoms with Crippen LogP contribution >= 0.6 is 0 Å². The summed E-state index contributed by atoms with van der Waals surface area (Å²) in [5.74, 6) is 1.48. The standard InChI is InChI=1S/C25H33N3O3/c29-23(20-11-17-12-21-22(31-16-30-21)13-19(17)27-20)26-18-14-24(7-3-1-4-8-24)28-25(15-18)9-5-2-6-10-25/h11-13,18,27-28H,1-10,14-16H2,(H,26,29). The molecule has 6 rings (SSSR count). The number of benzene rings is 1. The average molecular weight is 424 g/mol. The highest BCUT2D eigenvalue weighted by molar-refractivity contribution is 5.99. The van der Waals surface area contributed by atoms with E-state index < -0.39 is 0 Å². The first-order valence-corrected chi connectivity index (χ1v) is 12.1. The van der Waals surface area contributed by atoms with Crippen molar-refractivity contribution in [1.82, 2.24) is 15.6 Å². The quantitative estimate of drug-likeness (QED) is 0.650. The third-order valence-corrected chi connectivity index (χ3v) is 8.12. The molecule has 6 nitrogen and oxygen atoms in total. The second-order valence-electron chi connectivity index (χ2n) is 10.4. The van der Waals surface area contributed by atoms with Crippen LogP contribution in [0.5, 0.6) is 11.5 Å². The number of hydrogen-bond donors (Lipinski definition) is 3. The highest BCUT2D eigenvalue weighted by atomic mass is 16.7. The molecule has 1 saturated heterocycles. The Hall–Kier alpha value is -2.21. The van der Waals surface area contributed by atoms with E-state index in [9.17, 15) is 4.79 Å². The minimum absolute atomic E-state index is 0.00187. The van der Waals surface area contributed by atoms with Crippen LogP contribution in [0.3, 0.4) is 0 Å². The fraction of sp³-hybridized carbons (Fsp3) is 0.640. The van der Waals surface area contributed by atoms with Gasteiger partial charge in [0.15, 0.2) is 11.5 Å². The Bertz CT molecular complexity index is 918. The molecular weight excluding hydrogens is 390 g/mol. The third kappa shape index (κ3) is 3.59. The van der Waals surface area contributed by atoms with Crippen molar-refractivity contribution in [1.29, 1.82) is 0 Å². The van der Waals surface area contributed by atoms with Gasteiger partial charge in [-0.3, -0.25) is 4.79 Å². The Morgan fingerprint density at radius 3 is 2.13 bits per heavy atom. The predicted octanol–water partition coefficient (Wildman–Crippen LogP) is 4.78. The minimum Gasteiger partial charge on any atom is -0.454 e. The van der Waals surface area contributed by atoms with Crippen molar-refractivity contribution in [3.8, 4) is 11.5 Å². The number of ether oxygens (including phenoxy) is 2. The molecule has 3 heterocycles. The van der Waals surface area contributed by atoms with Gasteiger partial charge in [0.25, 0.3) is 5.91 Å². The monoisotopic (exact) mass is 423 g/mol. The lowest BCUT2D eigenvalue weighted by atomic mass is 9.66. The van der Waals surface area contributed by atoms with E-state index in [4.69, 9.17) is 9.47 Å². The molecule has 166 valence electrons. The Kier molecular flexibility index (Phi) is 4.67. The van der Waals surface area contributed by atoms with Gasteiger partial charge in [-0.2, -0.15) is 0 Å². The number of fused-ring (bicyclic) bond motifs is 2. The van der Waals surface area contributed by atoms with Crippen LogP contribution in [-0.2, 0) is 0 Å². The van der Waals surface area contributed by atoms with Gasteiger partial charge in [-0.05, 0) is 50.7 Å².